The second kappa shape index (κ2) is 9.72. The fourth-order valence-electron chi connectivity index (χ4n) is 3.44. The van der Waals surface area contributed by atoms with Gasteiger partial charge in [0.05, 0.1) is 17.2 Å². The van der Waals surface area contributed by atoms with Crippen molar-refractivity contribution in [2.24, 2.45) is 4.99 Å². The molecule has 2 aliphatic heterocycles. The predicted molar refractivity (Wildman–Crippen MR) is 132 cm³/mol. The number of amidine groups is 2. The topological polar surface area (TPSA) is 93.4 Å². The van der Waals surface area contributed by atoms with Gasteiger partial charge in [-0.1, -0.05) is 6.07 Å². The van der Waals surface area contributed by atoms with E-state index < -0.39 is 5.91 Å². The zero-order valence-corrected chi connectivity index (χ0v) is 20.9. The maximum atomic E-state index is 12.5. The van der Waals surface area contributed by atoms with Crippen molar-refractivity contribution in [1.82, 2.24) is 5.06 Å². The molecule has 0 spiro atoms. The van der Waals surface area contributed by atoms with Gasteiger partial charge in [-0.05, 0) is 83.7 Å². The van der Waals surface area contributed by atoms with Crippen LogP contribution in [0.2, 0.25) is 0 Å². The number of hydrogen-bond donors (Lipinski definition) is 1. The first-order valence-electron chi connectivity index (χ1n) is 10.6. The van der Waals surface area contributed by atoms with Crippen molar-refractivity contribution in [3.8, 4) is 17.2 Å². The molecule has 0 fully saturated rings. The van der Waals surface area contributed by atoms with Crippen LogP contribution >= 0.6 is 15.9 Å². The molecule has 1 N–H and O–H groups in total. The Kier molecular flexibility index (Phi) is 6.74. The number of benzene rings is 2. The molecule has 2 aromatic rings. The van der Waals surface area contributed by atoms with Gasteiger partial charge >= 0.3 is 0 Å². The van der Waals surface area contributed by atoms with E-state index in [9.17, 15) is 4.79 Å². The highest BCUT2D eigenvalue weighted by Crippen LogP contribution is 2.37. The Morgan fingerprint density at radius 3 is 2.62 bits per heavy atom. The first-order chi connectivity index (χ1) is 16.3. The van der Waals surface area contributed by atoms with Crippen LogP contribution in [0.1, 0.15) is 23.6 Å². The molecule has 0 saturated carbocycles. The SMILES string of the molecule is COc1cc(/C=C2\C(=N)N3OC(C)=CC3=NC2=O)cc(Br)c1OCCOc1ccc(C)c(C)c1. The summed E-state index contributed by atoms with van der Waals surface area (Å²) in [4.78, 5) is 22.0. The molecular weight excluding hydrogens is 502 g/mol. The van der Waals surface area contributed by atoms with Gasteiger partial charge in [0.1, 0.15) is 24.7 Å². The molecule has 0 unspecified atom stereocenters. The number of hydrogen-bond acceptors (Lipinski definition) is 6. The molecule has 2 aliphatic rings. The molecule has 9 heteroatoms. The van der Waals surface area contributed by atoms with Gasteiger partial charge in [0, 0.05) is 6.08 Å². The molecule has 0 aromatic heterocycles. The second-order valence-corrected chi connectivity index (χ2v) is 8.65. The van der Waals surface area contributed by atoms with E-state index in [0.29, 0.717) is 46.3 Å². The Labute approximate surface area is 206 Å². The van der Waals surface area contributed by atoms with E-state index >= 15 is 0 Å². The van der Waals surface area contributed by atoms with Gasteiger partial charge in [-0.25, -0.2) is 0 Å². The average molecular weight is 526 g/mol. The van der Waals surface area contributed by atoms with Crippen molar-refractivity contribution in [1.29, 1.82) is 5.41 Å². The first-order valence-corrected chi connectivity index (χ1v) is 11.4. The fourth-order valence-corrected chi connectivity index (χ4v) is 4.01. The number of carbonyl (C=O) groups is 1. The molecule has 0 atom stereocenters. The number of nitrogens with one attached hydrogen (secondary N) is 1. The minimum absolute atomic E-state index is 0.0815. The molecular formula is C25H24BrN3O5. The van der Waals surface area contributed by atoms with Crippen LogP contribution in [0.3, 0.4) is 0 Å². The number of ether oxygens (including phenoxy) is 3. The smallest absolute Gasteiger partial charge is 0.282 e. The van der Waals surface area contributed by atoms with Crippen LogP contribution in [0.25, 0.3) is 6.08 Å². The van der Waals surface area contributed by atoms with Crippen LogP contribution in [0.4, 0.5) is 0 Å². The van der Waals surface area contributed by atoms with Crippen LogP contribution in [0.5, 0.6) is 17.2 Å². The number of hydroxylamine groups is 2. The lowest BCUT2D eigenvalue weighted by Crippen LogP contribution is -2.38. The van der Waals surface area contributed by atoms with Crippen molar-refractivity contribution in [2.45, 2.75) is 20.8 Å². The maximum absolute atomic E-state index is 12.5. The first kappa shape index (κ1) is 23.6. The van der Waals surface area contributed by atoms with Gasteiger partial charge in [0.25, 0.3) is 5.91 Å². The Bertz CT molecular complexity index is 1270. The third-order valence-electron chi connectivity index (χ3n) is 5.32. The molecule has 0 bridgehead atoms. The number of amides is 1. The Balaban J connectivity index is 1.47. The zero-order chi connectivity index (χ0) is 24.4. The average Bonchev–Trinajstić information content (AvgIpc) is 3.17. The van der Waals surface area contributed by atoms with Gasteiger partial charge in [0.15, 0.2) is 23.2 Å². The van der Waals surface area contributed by atoms with E-state index in [4.69, 9.17) is 24.5 Å². The summed E-state index contributed by atoms with van der Waals surface area (Å²) in [5, 5.41) is 9.59. The number of rotatable bonds is 7. The summed E-state index contributed by atoms with van der Waals surface area (Å²) >= 11 is 3.52. The molecule has 0 radical (unpaired) electrons. The van der Waals surface area contributed by atoms with Crippen molar-refractivity contribution in [3.05, 3.63) is 68.9 Å². The Morgan fingerprint density at radius 1 is 1.12 bits per heavy atom. The summed E-state index contributed by atoms with van der Waals surface area (Å²) in [6.07, 6.45) is 3.18. The summed E-state index contributed by atoms with van der Waals surface area (Å²) in [6.45, 7) is 6.50. The number of halogens is 1. The third kappa shape index (κ3) is 4.84. The predicted octanol–water partition coefficient (Wildman–Crippen LogP) is 4.98. The zero-order valence-electron chi connectivity index (χ0n) is 19.3. The van der Waals surface area contributed by atoms with Crippen molar-refractivity contribution in [2.75, 3.05) is 20.3 Å². The van der Waals surface area contributed by atoms with E-state index in [1.54, 1.807) is 31.2 Å². The minimum atomic E-state index is -0.510. The fraction of sp³-hybridized carbons (Fsp3) is 0.240. The van der Waals surface area contributed by atoms with Gasteiger partial charge in [-0.2, -0.15) is 4.99 Å². The lowest BCUT2D eigenvalue weighted by molar-refractivity contribution is -0.114. The third-order valence-corrected chi connectivity index (χ3v) is 5.91. The number of nitrogens with zero attached hydrogens (tertiary/aromatic N) is 2. The maximum Gasteiger partial charge on any atom is 0.282 e. The van der Waals surface area contributed by atoms with Crippen molar-refractivity contribution in [3.63, 3.8) is 0 Å². The van der Waals surface area contributed by atoms with Gasteiger partial charge in [0.2, 0.25) is 0 Å². The van der Waals surface area contributed by atoms with Crippen LogP contribution in [0.15, 0.2) is 57.2 Å². The molecule has 4 rings (SSSR count). The summed E-state index contributed by atoms with van der Waals surface area (Å²) in [7, 11) is 1.54. The molecule has 1 amide bonds. The molecule has 0 aliphatic carbocycles. The van der Waals surface area contributed by atoms with Crippen molar-refractivity contribution < 1.29 is 23.8 Å². The summed E-state index contributed by atoms with van der Waals surface area (Å²) in [6, 6.07) is 9.46. The van der Waals surface area contributed by atoms with E-state index in [2.05, 4.69) is 27.8 Å². The second-order valence-electron chi connectivity index (χ2n) is 7.80. The molecule has 8 nitrogen and oxygen atoms in total. The van der Waals surface area contributed by atoms with Crippen molar-refractivity contribution >= 4 is 39.6 Å². The quantitative estimate of drug-likeness (QED) is 0.404. The highest BCUT2D eigenvalue weighted by atomic mass is 79.9. The molecule has 2 aromatic carbocycles. The number of methoxy groups -OCH3 is 1. The summed E-state index contributed by atoms with van der Waals surface area (Å²) in [5.41, 5.74) is 3.13. The molecule has 2 heterocycles. The number of aliphatic imine (C=N–C) groups is 1. The Hall–Kier alpha value is -3.59. The lowest BCUT2D eigenvalue weighted by Gasteiger charge is -2.23. The number of fused-ring (bicyclic) bond motifs is 1. The van der Waals surface area contributed by atoms with Gasteiger partial charge < -0.3 is 19.0 Å². The minimum Gasteiger partial charge on any atom is -0.493 e. The highest BCUT2D eigenvalue weighted by molar-refractivity contribution is 9.10. The van der Waals surface area contributed by atoms with Gasteiger partial charge in [-0.3, -0.25) is 10.2 Å². The van der Waals surface area contributed by atoms with E-state index in [0.717, 1.165) is 5.75 Å². The monoisotopic (exact) mass is 525 g/mol. The van der Waals surface area contributed by atoms with Crippen LogP contribution in [-0.4, -0.2) is 43.0 Å². The standard InChI is InChI=1S/C25H24BrN3O5/c1-14-5-6-18(9-15(14)2)32-7-8-33-23-20(26)12-17(13-21(23)31-4)11-19-24(27)29-22(28-25(19)30)10-16(3)34-29/h5-6,9-13,27H,7-8H2,1-4H3/b19-11+,27-24?. The molecule has 176 valence electrons. The number of allylic oxidation sites excluding steroid dienone is 1. The normalized spacial score (nSPS) is 16.1. The van der Waals surface area contributed by atoms with E-state index in [1.165, 1.54) is 23.3 Å². The van der Waals surface area contributed by atoms with Gasteiger partial charge in [-0.15, -0.1) is 5.06 Å². The largest absolute Gasteiger partial charge is 0.493 e. The highest BCUT2D eigenvalue weighted by Gasteiger charge is 2.34. The van der Waals surface area contributed by atoms with Crippen LogP contribution in [-0.2, 0) is 9.63 Å². The number of carbonyl (C=O) groups excluding carboxylic acids is 1. The summed E-state index contributed by atoms with van der Waals surface area (Å²) < 4.78 is 17.8. The lowest BCUT2D eigenvalue weighted by atomic mass is 10.1. The van der Waals surface area contributed by atoms with Crippen LogP contribution in [0, 0.1) is 19.3 Å². The van der Waals surface area contributed by atoms with Crippen LogP contribution < -0.4 is 14.2 Å². The molecule has 34 heavy (non-hydrogen) atoms. The number of aryl methyl sites for hydroxylation is 2. The molecule has 0 saturated heterocycles. The Morgan fingerprint density at radius 2 is 1.88 bits per heavy atom. The van der Waals surface area contributed by atoms with E-state index in [-0.39, 0.29) is 11.4 Å². The summed E-state index contributed by atoms with van der Waals surface area (Å²) in [5.74, 6) is 2.05. The van der Waals surface area contributed by atoms with E-state index in [1.807, 2.05) is 25.1 Å².